The van der Waals surface area contributed by atoms with Gasteiger partial charge in [-0.25, -0.2) is 4.98 Å². The summed E-state index contributed by atoms with van der Waals surface area (Å²) in [7, 11) is -1.47. The normalized spacial score (nSPS) is 14.0. The van der Waals surface area contributed by atoms with Gasteiger partial charge in [0.25, 0.3) is 0 Å². The monoisotopic (exact) mass is 263 g/mol. The summed E-state index contributed by atoms with van der Waals surface area (Å²) in [5, 5.41) is 0. The van der Waals surface area contributed by atoms with Crippen LogP contribution in [0.5, 0.6) is 0 Å². The van der Waals surface area contributed by atoms with Crippen molar-refractivity contribution >= 4 is 24.8 Å². The lowest BCUT2D eigenvalue weighted by molar-refractivity contribution is 0.107. The molecule has 0 amide bonds. The van der Waals surface area contributed by atoms with Crippen molar-refractivity contribution in [1.29, 1.82) is 0 Å². The first-order valence-electron chi connectivity index (χ1n) is 6.28. The molecule has 0 radical (unpaired) electrons. The number of nitrogens with two attached hydrogens (primary N) is 1. The zero-order chi connectivity index (χ0) is 13.3. The summed E-state index contributed by atoms with van der Waals surface area (Å²) in [6.45, 7) is 9.58. The number of hydrogen-bond donors (Lipinski definition) is 2. The third kappa shape index (κ3) is 2.57. The Kier molecular flexibility index (Phi) is 3.45. The quantitative estimate of drug-likeness (QED) is 0.658. The van der Waals surface area contributed by atoms with Crippen LogP contribution in [0, 0.1) is 0 Å². The van der Waals surface area contributed by atoms with Gasteiger partial charge >= 0.3 is 0 Å². The first kappa shape index (κ1) is 13.1. The molecule has 4 nitrogen and oxygen atoms in total. The molecule has 0 saturated carbocycles. The minimum atomic E-state index is -1.47. The molecule has 1 atom stereocenters. The molecule has 0 fully saturated rings. The lowest BCUT2D eigenvalue weighted by atomic mass is 10.3. The highest BCUT2D eigenvalue weighted by Gasteiger charge is 2.31. The zero-order valence-corrected chi connectivity index (χ0v) is 12.4. The van der Waals surface area contributed by atoms with Crippen molar-refractivity contribution in [2.45, 2.75) is 32.3 Å². The molecule has 0 saturated heterocycles. The lowest BCUT2D eigenvalue weighted by Crippen LogP contribution is -2.33. The molecule has 0 spiro atoms. The van der Waals surface area contributed by atoms with Gasteiger partial charge in [0.15, 0.2) is 0 Å². The van der Waals surface area contributed by atoms with Gasteiger partial charge in [-0.1, -0.05) is 19.6 Å². The van der Waals surface area contributed by atoms with Gasteiger partial charge in [0.2, 0.25) is 0 Å². The highest BCUT2D eigenvalue weighted by atomic mass is 28.3. The maximum Gasteiger partial charge on any atom is 0.133 e. The maximum atomic E-state index is 5.89. The highest BCUT2D eigenvalue weighted by Crippen LogP contribution is 2.28. The molecule has 18 heavy (non-hydrogen) atoms. The Labute approximate surface area is 109 Å². The molecule has 1 unspecified atom stereocenters. The minimum Gasteiger partial charge on any atom is -0.399 e. The molecule has 0 aliphatic rings. The Morgan fingerprint density at radius 2 is 2.11 bits per heavy atom. The number of aromatic nitrogens is 2. The van der Waals surface area contributed by atoms with E-state index >= 15 is 0 Å². The SMILES string of the molecule is CCOC(c1nc2ccc(N)cc2[nH]1)[Si](C)(C)C. The van der Waals surface area contributed by atoms with Crippen LogP contribution in [0.1, 0.15) is 18.5 Å². The Balaban J connectivity index is 2.44. The van der Waals surface area contributed by atoms with Crippen LogP contribution in [0.2, 0.25) is 19.6 Å². The smallest absolute Gasteiger partial charge is 0.133 e. The van der Waals surface area contributed by atoms with Crippen molar-refractivity contribution in [3.05, 3.63) is 24.0 Å². The molecule has 0 aliphatic heterocycles. The lowest BCUT2D eigenvalue weighted by Gasteiger charge is -2.26. The third-order valence-corrected chi connectivity index (χ3v) is 4.91. The van der Waals surface area contributed by atoms with Gasteiger partial charge in [0.05, 0.1) is 19.1 Å². The van der Waals surface area contributed by atoms with Crippen LogP contribution in [0.15, 0.2) is 18.2 Å². The summed E-state index contributed by atoms with van der Waals surface area (Å²) in [6.07, 6.45) is 0. The molecule has 2 aromatic rings. The van der Waals surface area contributed by atoms with Crippen LogP contribution < -0.4 is 5.73 Å². The van der Waals surface area contributed by atoms with Gasteiger partial charge in [-0.2, -0.15) is 0 Å². The van der Waals surface area contributed by atoms with Gasteiger partial charge in [0, 0.05) is 12.3 Å². The van der Waals surface area contributed by atoms with E-state index in [4.69, 9.17) is 10.5 Å². The Bertz CT molecular complexity index is 545. The van der Waals surface area contributed by atoms with E-state index in [9.17, 15) is 0 Å². The standard InChI is InChI=1S/C13H21N3OSi/c1-5-17-13(18(2,3)4)12-15-10-7-6-9(14)8-11(10)16-12/h6-8,13H,5,14H2,1-4H3,(H,15,16). The van der Waals surface area contributed by atoms with Crippen LogP contribution in [-0.4, -0.2) is 24.6 Å². The molecule has 2 rings (SSSR count). The summed E-state index contributed by atoms with van der Waals surface area (Å²) in [6, 6.07) is 5.73. The Morgan fingerprint density at radius 1 is 1.39 bits per heavy atom. The van der Waals surface area contributed by atoms with E-state index < -0.39 is 8.07 Å². The summed E-state index contributed by atoms with van der Waals surface area (Å²) in [5.41, 5.74) is 8.55. The van der Waals surface area contributed by atoms with Crippen molar-refractivity contribution in [3.63, 3.8) is 0 Å². The molecule has 1 aromatic carbocycles. The first-order valence-corrected chi connectivity index (χ1v) is 9.86. The number of hydrogen-bond acceptors (Lipinski definition) is 3. The third-order valence-electron chi connectivity index (χ3n) is 2.89. The van der Waals surface area contributed by atoms with E-state index in [1.807, 2.05) is 25.1 Å². The van der Waals surface area contributed by atoms with E-state index in [0.717, 1.165) is 22.5 Å². The van der Waals surface area contributed by atoms with Crippen LogP contribution in [0.4, 0.5) is 5.69 Å². The van der Waals surface area contributed by atoms with Gasteiger partial charge < -0.3 is 15.5 Å². The Morgan fingerprint density at radius 3 is 2.72 bits per heavy atom. The fraction of sp³-hybridized carbons (Fsp3) is 0.462. The molecule has 0 bridgehead atoms. The summed E-state index contributed by atoms with van der Waals surface area (Å²) < 4.78 is 5.89. The average Bonchev–Trinajstić information content (AvgIpc) is 2.66. The van der Waals surface area contributed by atoms with Crippen molar-refractivity contribution < 1.29 is 4.74 Å². The van der Waals surface area contributed by atoms with Gasteiger partial charge in [-0.05, 0) is 25.1 Å². The Hall–Kier alpha value is -1.33. The summed E-state index contributed by atoms with van der Waals surface area (Å²) in [5.74, 6) is 0.927. The second-order valence-corrected chi connectivity index (χ2v) is 10.9. The predicted octanol–water partition coefficient (Wildman–Crippen LogP) is 3.10. The largest absolute Gasteiger partial charge is 0.399 e. The van der Waals surface area contributed by atoms with Crippen LogP contribution in [0.25, 0.3) is 11.0 Å². The van der Waals surface area contributed by atoms with Crippen LogP contribution >= 0.6 is 0 Å². The van der Waals surface area contributed by atoms with E-state index in [0.29, 0.717) is 6.61 Å². The van der Waals surface area contributed by atoms with Crippen molar-refractivity contribution in [2.75, 3.05) is 12.3 Å². The van der Waals surface area contributed by atoms with E-state index in [-0.39, 0.29) is 5.73 Å². The number of H-pyrrole nitrogens is 1. The van der Waals surface area contributed by atoms with Crippen molar-refractivity contribution in [1.82, 2.24) is 9.97 Å². The number of rotatable bonds is 4. The second-order valence-electron chi connectivity index (χ2n) is 5.60. The minimum absolute atomic E-state index is 0.0936. The van der Waals surface area contributed by atoms with Gasteiger partial charge in [0.1, 0.15) is 11.6 Å². The maximum absolute atomic E-state index is 5.89. The number of imidazole rings is 1. The molecule has 1 aromatic heterocycles. The van der Waals surface area contributed by atoms with E-state index in [1.165, 1.54) is 0 Å². The van der Waals surface area contributed by atoms with Crippen molar-refractivity contribution in [3.8, 4) is 0 Å². The first-order chi connectivity index (χ1) is 8.41. The number of fused-ring (bicyclic) bond motifs is 1. The molecule has 5 heteroatoms. The van der Waals surface area contributed by atoms with Gasteiger partial charge in [-0.3, -0.25) is 0 Å². The number of ether oxygens (including phenoxy) is 1. The van der Waals surface area contributed by atoms with E-state index in [1.54, 1.807) is 0 Å². The van der Waals surface area contributed by atoms with Gasteiger partial charge in [-0.15, -0.1) is 0 Å². The number of nitrogens with one attached hydrogen (secondary N) is 1. The molecule has 3 N–H and O–H groups in total. The fourth-order valence-electron chi connectivity index (χ4n) is 2.08. The highest BCUT2D eigenvalue weighted by molar-refractivity contribution is 6.77. The number of aromatic amines is 1. The predicted molar refractivity (Wildman–Crippen MR) is 78.2 cm³/mol. The van der Waals surface area contributed by atoms with E-state index in [2.05, 4.69) is 29.6 Å². The second kappa shape index (κ2) is 4.74. The zero-order valence-electron chi connectivity index (χ0n) is 11.4. The average molecular weight is 263 g/mol. The fourth-order valence-corrected chi connectivity index (χ4v) is 3.70. The summed E-state index contributed by atoms with van der Waals surface area (Å²) >= 11 is 0. The molecular weight excluding hydrogens is 242 g/mol. The topological polar surface area (TPSA) is 63.9 Å². The summed E-state index contributed by atoms with van der Waals surface area (Å²) in [4.78, 5) is 7.98. The van der Waals surface area contributed by atoms with Crippen LogP contribution in [0.3, 0.4) is 0 Å². The molecule has 0 aliphatic carbocycles. The van der Waals surface area contributed by atoms with Crippen LogP contribution in [-0.2, 0) is 4.74 Å². The number of nitrogens with zero attached hydrogens (tertiary/aromatic N) is 1. The number of nitrogen functional groups attached to an aromatic ring is 1. The molecule has 1 heterocycles. The number of benzene rings is 1. The molecular formula is C13H21N3OSi. The molecule has 98 valence electrons. The van der Waals surface area contributed by atoms with Crippen molar-refractivity contribution in [2.24, 2.45) is 0 Å². The number of anilines is 1.